The molecule has 7 heteroatoms. The van der Waals surface area contributed by atoms with Gasteiger partial charge >= 0.3 is 0 Å². The lowest BCUT2D eigenvalue weighted by Crippen LogP contribution is -2.04. The molecule has 2 heterocycles. The van der Waals surface area contributed by atoms with Gasteiger partial charge in [-0.1, -0.05) is 5.21 Å². The summed E-state index contributed by atoms with van der Waals surface area (Å²) in [5.74, 6) is 1.33. The number of tetrazole rings is 1. The summed E-state index contributed by atoms with van der Waals surface area (Å²) in [6.45, 7) is 2.41. The predicted octanol–water partition coefficient (Wildman–Crippen LogP) is 0.0974. The molecule has 7 nitrogen and oxygen atoms in total. The number of H-pyrrole nitrogens is 1. The Morgan fingerprint density at radius 1 is 1.53 bits per heavy atom. The van der Waals surface area contributed by atoms with Gasteiger partial charge in [-0.15, -0.1) is 10.2 Å². The molecule has 15 heavy (non-hydrogen) atoms. The summed E-state index contributed by atoms with van der Waals surface area (Å²) >= 11 is 0. The van der Waals surface area contributed by atoms with Gasteiger partial charge in [-0.05, 0) is 18.6 Å². The van der Waals surface area contributed by atoms with Gasteiger partial charge in [-0.25, -0.2) is 4.98 Å². The molecule has 0 fully saturated rings. The van der Waals surface area contributed by atoms with Crippen molar-refractivity contribution < 1.29 is 0 Å². The monoisotopic (exact) mass is 205 g/mol. The topological polar surface area (TPSA) is 105 Å². The van der Waals surface area contributed by atoms with Crippen molar-refractivity contribution in [3.63, 3.8) is 0 Å². The van der Waals surface area contributed by atoms with Gasteiger partial charge in [0.25, 0.3) is 0 Å². The molecule has 0 spiro atoms. The molecule has 0 saturated carbocycles. The van der Waals surface area contributed by atoms with Crippen LogP contribution in [0.3, 0.4) is 0 Å². The van der Waals surface area contributed by atoms with Crippen LogP contribution >= 0.6 is 0 Å². The Morgan fingerprint density at radius 3 is 3.07 bits per heavy atom. The predicted molar refractivity (Wildman–Crippen MR) is 54.9 cm³/mol. The molecule has 4 N–H and O–H groups in total. The Labute approximate surface area is 86.1 Å². The fourth-order valence-corrected chi connectivity index (χ4v) is 1.09. The number of hydrogen-bond donors (Lipinski definition) is 3. The zero-order valence-electron chi connectivity index (χ0n) is 8.23. The third-order valence-electron chi connectivity index (χ3n) is 1.97. The van der Waals surface area contributed by atoms with Crippen LogP contribution in [0.1, 0.15) is 11.4 Å². The molecule has 2 rings (SSSR count). The number of rotatable bonds is 3. The van der Waals surface area contributed by atoms with E-state index in [1.54, 1.807) is 6.20 Å². The van der Waals surface area contributed by atoms with Crippen LogP contribution in [0.4, 0.5) is 11.5 Å². The van der Waals surface area contributed by atoms with Crippen molar-refractivity contribution >= 4 is 11.5 Å². The van der Waals surface area contributed by atoms with Crippen molar-refractivity contribution in [2.45, 2.75) is 13.5 Å². The molecule has 2 aromatic heterocycles. The number of nitrogens with zero attached hydrogens (tertiary/aromatic N) is 4. The fraction of sp³-hybridized carbons (Fsp3) is 0.250. The van der Waals surface area contributed by atoms with Crippen molar-refractivity contribution in [1.29, 1.82) is 0 Å². The number of anilines is 2. The van der Waals surface area contributed by atoms with Gasteiger partial charge < -0.3 is 11.1 Å². The quantitative estimate of drug-likeness (QED) is 0.656. The Bertz CT molecular complexity index is 436. The largest absolute Gasteiger partial charge is 0.397 e. The molecule has 78 valence electrons. The highest BCUT2D eigenvalue weighted by Gasteiger charge is 2.00. The normalized spacial score (nSPS) is 10.2. The molecule has 0 aliphatic rings. The number of aromatic amines is 1. The maximum absolute atomic E-state index is 5.65. The highest BCUT2D eigenvalue weighted by molar-refractivity contribution is 5.50. The molecule has 0 aliphatic heterocycles. The van der Waals surface area contributed by atoms with Crippen LogP contribution in [-0.2, 0) is 6.54 Å². The molecule has 2 aromatic rings. The summed E-state index contributed by atoms with van der Waals surface area (Å²) in [6.07, 6.45) is 1.62. The summed E-state index contributed by atoms with van der Waals surface area (Å²) < 4.78 is 0. The van der Waals surface area contributed by atoms with Gasteiger partial charge in [0.15, 0.2) is 5.82 Å². The zero-order chi connectivity index (χ0) is 10.7. The van der Waals surface area contributed by atoms with Gasteiger partial charge in [0.1, 0.15) is 5.82 Å². The summed E-state index contributed by atoms with van der Waals surface area (Å²) in [4.78, 5) is 4.12. The van der Waals surface area contributed by atoms with Crippen molar-refractivity contribution in [3.8, 4) is 0 Å². The first-order valence-electron chi connectivity index (χ1n) is 4.44. The van der Waals surface area contributed by atoms with E-state index in [1.165, 1.54) is 0 Å². The van der Waals surface area contributed by atoms with Gasteiger partial charge in [0, 0.05) is 0 Å². The maximum Gasteiger partial charge on any atom is 0.193 e. The van der Waals surface area contributed by atoms with E-state index in [0.717, 1.165) is 11.4 Å². The molecule has 0 unspecified atom stereocenters. The number of hydrogen-bond acceptors (Lipinski definition) is 6. The third kappa shape index (κ3) is 2.19. The summed E-state index contributed by atoms with van der Waals surface area (Å²) in [5.41, 5.74) is 7.32. The molecule has 0 radical (unpaired) electrons. The molecular weight excluding hydrogens is 194 g/mol. The Hall–Kier alpha value is -2.18. The Kier molecular flexibility index (Phi) is 2.44. The van der Waals surface area contributed by atoms with E-state index >= 15 is 0 Å². The SMILES string of the molecule is Cc1cc(NCc2nn[nH]n2)ncc1N. The highest BCUT2D eigenvalue weighted by Crippen LogP contribution is 2.13. The van der Waals surface area contributed by atoms with Gasteiger partial charge in [-0.2, -0.15) is 5.21 Å². The van der Waals surface area contributed by atoms with E-state index in [1.807, 2.05) is 13.0 Å². The Balaban J connectivity index is 2.02. The van der Waals surface area contributed by atoms with Crippen LogP contribution in [-0.4, -0.2) is 25.6 Å². The average Bonchev–Trinajstić information content (AvgIpc) is 2.73. The molecule has 0 aromatic carbocycles. The smallest absolute Gasteiger partial charge is 0.193 e. The number of pyridine rings is 1. The third-order valence-corrected chi connectivity index (χ3v) is 1.97. The van der Waals surface area contributed by atoms with E-state index in [9.17, 15) is 0 Å². The van der Waals surface area contributed by atoms with E-state index in [0.29, 0.717) is 18.1 Å². The lowest BCUT2D eigenvalue weighted by atomic mass is 10.2. The number of aryl methyl sites for hydroxylation is 1. The van der Waals surface area contributed by atoms with E-state index < -0.39 is 0 Å². The summed E-state index contributed by atoms with van der Waals surface area (Å²) in [6, 6.07) is 1.87. The number of nitrogens with one attached hydrogen (secondary N) is 2. The minimum atomic E-state index is 0.479. The van der Waals surface area contributed by atoms with Crippen LogP contribution in [0.5, 0.6) is 0 Å². The molecular formula is C8H11N7. The van der Waals surface area contributed by atoms with E-state index in [4.69, 9.17) is 5.73 Å². The van der Waals surface area contributed by atoms with Crippen LogP contribution in [0.25, 0.3) is 0 Å². The second kappa shape index (κ2) is 3.91. The zero-order valence-corrected chi connectivity index (χ0v) is 8.23. The van der Waals surface area contributed by atoms with E-state index in [2.05, 4.69) is 30.9 Å². The molecule has 0 atom stereocenters. The summed E-state index contributed by atoms with van der Waals surface area (Å²) in [7, 11) is 0. The maximum atomic E-state index is 5.65. The molecule has 0 saturated heterocycles. The Morgan fingerprint density at radius 2 is 2.40 bits per heavy atom. The standard InChI is InChI=1S/C8H11N7/c1-5-2-7(10-3-6(5)9)11-4-8-12-14-15-13-8/h2-3H,4,9H2,1H3,(H,10,11)(H,12,13,14,15). The van der Waals surface area contributed by atoms with Gasteiger partial charge in [-0.3, -0.25) is 0 Å². The molecule has 0 amide bonds. The first-order chi connectivity index (χ1) is 7.25. The lowest BCUT2D eigenvalue weighted by molar-refractivity contribution is 0.881. The van der Waals surface area contributed by atoms with Crippen molar-refractivity contribution in [1.82, 2.24) is 25.6 Å². The second-order valence-corrected chi connectivity index (χ2v) is 3.11. The van der Waals surface area contributed by atoms with Crippen LogP contribution < -0.4 is 11.1 Å². The number of aromatic nitrogens is 5. The van der Waals surface area contributed by atoms with Crippen LogP contribution in [0.15, 0.2) is 12.3 Å². The average molecular weight is 205 g/mol. The second-order valence-electron chi connectivity index (χ2n) is 3.11. The van der Waals surface area contributed by atoms with Crippen molar-refractivity contribution in [2.24, 2.45) is 0 Å². The fourth-order valence-electron chi connectivity index (χ4n) is 1.09. The van der Waals surface area contributed by atoms with Crippen molar-refractivity contribution in [2.75, 3.05) is 11.1 Å². The minimum Gasteiger partial charge on any atom is -0.397 e. The van der Waals surface area contributed by atoms with Crippen LogP contribution in [0.2, 0.25) is 0 Å². The van der Waals surface area contributed by atoms with Crippen LogP contribution in [0, 0.1) is 6.92 Å². The first-order valence-corrected chi connectivity index (χ1v) is 4.44. The van der Waals surface area contributed by atoms with E-state index in [-0.39, 0.29) is 0 Å². The number of nitrogen functional groups attached to an aromatic ring is 1. The highest BCUT2D eigenvalue weighted by atomic mass is 15.5. The van der Waals surface area contributed by atoms with Gasteiger partial charge in [0.2, 0.25) is 0 Å². The van der Waals surface area contributed by atoms with Crippen molar-refractivity contribution in [3.05, 3.63) is 23.7 Å². The van der Waals surface area contributed by atoms with Gasteiger partial charge in [0.05, 0.1) is 18.4 Å². The molecule has 0 aliphatic carbocycles. The summed E-state index contributed by atoms with van der Waals surface area (Å²) in [5, 5.41) is 16.5. The number of nitrogens with two attached hydrogens (primary N) is 1. The first kappa shape index (κ1) is 9.38. The molecule has 0 bridgehead atoms. The lowest BCUT2D eigenvalue weighted by Gasteiger charge is -2.04. The minimum absolute atomic E-state index is 0.479.